The molecule has 0 atom stereocenters. The Balaban J connectivity index is 2.02. The van der Waals surface area contributed by atoms with Gasteiger partial charge in [-0.1, -0.05) is 24.3 Å². The van der Waals surface area contributed by atoms with Crippen LogP contribution in [0, 0.1) is 0 Å². The first kappa shape index (κ1) is 10.9. The zero-order chi connectivity index (χ0) is 12.4. The molecule has 0 radical (unpaired) electrons. The van der Waals surface area contributed by atoms with Gasteiger partial charge in [-0.05, 0) is 24.6 Å². The molecule has 4 heteroatoms. The van der Waals surface area contributed by atoms with Crippen molar-refractivity contribution in [2.24, 2.45) is 0 Å². The van der Waals surface area contributed by atoms with E-state index in [4.69, 9.17) is 0 Å². The summed E-state index contributed by atoms with van der Waals surface area (Å²) in [7, 11) is 0. The van der Waals surface area contributed by atoms with Gasteiger partial charge in [-0.25, -0.2) is 0 Å². The van der Waals surface area contributed by atoms with E-state index in [9.17, 15) is 0 Å². The summed E-state index contributed by atoms with van der Waals surface area (Å²) in [6.07, 6.45) is 4.85. The number of aromatic nitrogens is 4. The Labute approximate surface area is 105 Å². The average Bonchev–Trinajstić information content (AvgIpc) is 2.87. The third kappa shape index (κ3) is 1.97. The second-order valence-electron chi connectivity index (χ2n) is 4.28. The van der Waals surface area contributed by atoms with E-state index in [1.807, 2.05) is 29.1 Å². The van der Waals surface area contributed by atoms with Crippen LogP contribution in [0.4, 0.5) is 0 Å². The fraction of sp³-hybridized carbons (Fsp3) is 0.214. The molecular weight excluding hydrogens is 224 g/mol. The van der Waals surface area contributed by atoms with E-state index in [0.717, 1.165) is 35.1 Å². The van der Waals surface area contributed by atoms with Gasteiger partial charge >= 0.3 is 0 Å². The molecule has 0 N–H and O–H groups in total. The van der Waals surface area contributed by atoms with Gasteiger partial charge in [0.1, 0.15) is 5.69 Å². The molecule has 4 nitrogen and oxygen atoms in total. The zero-order valence-corrected chi connectivity index (χ0v) is 10.2. The highest BCUT2D eigenvalue weighted by atomic mass is 15.4. The van der Waals surface area contributed by atoms with Crippen LogP contribution in [-0.4, -0.2) is 20.0 Å². The van der Waals surface area contributed by atoms with E-state index in [1.165, 1.54) is 0 Å². The number of rotatable bonds is 3. The van der Waals surface area contributed by atoms with Crippen LogP contribution in [-0.2, 0) is 6.54 Å². The van der Waals surface area contributed by atoms with Crippen molar-refractivity contribution in [3.63, 3.8) is 0 Å². The first-order valence-electron chi connectivity index (χ1n) is 6.12. The molecule has 0 bridgehead atoms. The van der Waals surface area contributed by atoms with Gasteiger partial charge < -0.3 is 0 Å². The maximum absolute atomic E-state index is 4.31. The fourth-order valence-electron chi connectivity index (χ4n) is 2.00. The molecule has 0 saturated carbocycles. The van der Waals surface area contributed by atoms with Gasteiger partial charge in [0, 0.05) is 23.7 Å². The lowest BCUT2D eigenvalue weighted by Crippen LogP contribution is -1.96. The van der Waals surface area contributed by atoms with Crippen molar-refractivity contribution in [3.8, 4) is 11.3 Å². The van der Waals surface area contributed by atoms with Gasteiger partial charge in [0.15, 0.2) is 0 Å². The molecule has 18 heavy (non-hydrogen) atoms. The van der Waals surface area contributed by atoms with E-state index in [2.05, 4.69) is 34.4 Å². The predicted molar refractivity (Wildman–Crippen MR) is 71.1 cm³/mol. The first-order chi connectivity index (χ1) is 8.86. The molecule has 0 amide bonds. The standard InChI is InChI=1S/C14H14N4/c1-2-8-18-10-14(16-17-18)12-5-6-13-11(9-12)4-3-7-15-13/h3-7,9-10H,2,8H2,1H3. The monoisotopic (exact) mass is 238 g/mol. The zero-order valence-electron chi connectivity index (χ0n) is 10.2. The number of pyridine rings is 1. The highest BCUT2D eigenvalue weighted by Crippen LogP contribution is 2.21. The Kier molecular flexibility index (Phi) is 2.76. The van der Waals surface area contributed by atoms with E-state index in [1.54, 1.807) is 6.20 Å². The molecule has 2 heterocycles. The summed E-state index contributed by atoms with van der Waals surface area (Å²) in [5, 5.41) is 9.44. The number of hydrogen-bond acceptors (Lipinski definition) is 3. The van der Waals surface area contributed by atoms with Crippen molar-refractivity contribution in [2.45, 2.75) is 19.9 Å². The minimum Gasteiger partial charge on any atom is -0.256 e. The Morgan fingerprint density at radius 1 is 1.22 bits per heavy atom. The minimum absolute atomic E-state index is 0.905. The van der Waals surface area contributed by atoms with Gasteiger partial charge in [0.05, 0.1) is 11.7 Å². The summed E-state index contributed by atoms with van der Waals surface area (Å²) < 4.78 is 1.88. The van der Waals surface area contributed by atoms with E-state index in [0.29, 0.717) is 0 Å². The van der Waals surface area contributed by atoms with Crippen LogP contribution >= 0.6 is 0 Å². The van der Waals surface area contributed by atoms with E-state index >= 15 is 0 Å². The predicted octanol–water partition coefficient (Wildman–Crippen LogP) is 2.90. The van der Waals surface area contributed by atoms with Crippen LogP contribution in [0.1, 0.15) is 13.3 Å². The molecule has 0 aliphatic rings. The lowest BCUT2D eigenvalue weighted by Gasteiger charge is -1.99. The number of aryl methyl sites for hydroxylation is 1. The summed E-state index contributed by atoms with van der Waals surface area (Å²) in [5.74, 6) is 0. The minimum atomic E-state index is 0.905. The molecule has 0 saturated heterocycles. The van der Waals surface area contributed by atoms with Crippen molar-refractivity contribution in [3.05, 3.63) is 42.7 Å². The van der Waals surface area contributed by atoms with E-state index < -0.39 is 0 Å². The third-order valence-corrected chi connectivity index (χ3v) is 2.89. The summed E-state index contributed by atoms with van der Waals surface area (Å²) in [5.41, 5.74) is 2.99. The number of fused-ring (bicyclic) bond motifs is 1. The average molecular weight is 238 g/mol. The van der Waals surface area contributed by atoms with Crippen LogP contribution in [0.5, 0.6) is 0 Å². The Morgan fingerprint density at radius 2 is 2.17 bits per heavy atom. The van der Waals surface area contributed by atoms with Crippen LogP contribution in [0.15, 0.2) is 42.7 Å². The van der Waals surface area contributed by atoms with Crippen molar-refractivity contribution in [1.82, 2.24) is 20.0 Å². The fourth-order valence-corrected chi connectivity index (χ4v) is 2.00. The molecule has 0 fully saturated rings. The Hall–Kier alpha value is -2.23. The largest absolute Gasteiger partial charge is 0.256 e. The second-order valence-corrected chi connectivity index (χ2v) is 4.28. The van der Waals surface area contributed by atoms with Crippen LogP contribution in [0.3, 0.4) is 0 Å². The van der Waals surface area contributed by atoms with Gasteiger partial charge in [-0.2, -0.15) is 0 Å². The van der Waals surface area contributed by atoms with Crippen molar-refractivity contribution in [1.29, 1.82) is 0 Å². The van der Waals surface area contributed by atoms with Crippen molar-refractivity contribution in [2.75, 3.05) is 0 Å². The van der Waals surface area contributed by atoms with Crippen molar-refractivity contribution >= 4 is 10.9 Å². The highest BCUT2D eigenvalue weighted by Gasteiger charge is 2.04. The summed E-state index contributed by atoms with van der Waals surface area (Å²) in [6, 6.07) is 10.2. The molecule has 0 spiro atoms. The SMILES string of the molecule is CCCn1cc(-c2ccc3ncccc3c2)nn1. The van der Waals surface area contributed by atoms with E-state index in [-0.39, 0.29) is 0 Å². The lowest BCUT2D eigenvalue weighted by molar-refractivity contribution is 0.579. The molecule has 90 valence electrons. The maximum Gasteiger partial charge on any atom is 0.113 e. The van der Waals surface area contributed by atoms with Gasteiger partial charge in [0.2, 0.25) is 0 Å². The topological polar surface area (TPSA) is 43.6 Å². The molecule has 3 aromatic rings. The van der Waals surface area contributed by atoms with Gasteiger partial charge in [0.25, 0.3) is 0 Å². The number of hydrogen-bond donors (Lipinski definition) is 0. The highest BCUT2D eigenvalue weighted by molar-refractivity contribution is 5.83. The summed E-state index contributed by atoms with van der Waals surface area (Å²) in [6.45, 7) is 3.03. The molecule has 3 rings (SSSR count). The summed E-state index contributed by atoms with van der Waals surface area (Å²) >= 11 is 0. The Morgan fingerprint density at radius 3 is 3.06 bits per heavy atom. The van der Waals surface area contributed by atoms with Gasteiger partial charge in [-0.3, -0.25) is 9.67 Å². The quantitative estimate of drug-likeness (QED) is 0.704. The molecule has 0 aliphatic carbocycles. The number of benzene rings is 1. The van der Waals surface area contributed by atoms with Crippen LogP contribution < -0.4 is 0 Å². The normalized spacial score (nSPS) is 10.9. The van der Waals surface area contributed by atoms with Crippen molar-refractivity contribution < 1.29 is 0 Å². The molecular formula is C14H14N4. The molecule has 2 aromatic heterocycles. The molecule has 0 aliphatic heterocycles. The second kappa shape index (κ2) is 4.56. The lowest BCUT2D eigenvalue weighted by atomic mass is 10.1. The smallest absolute Gasteiger partial charge is 0.113 e. The van der Waals surface area contributed by atoms with Crippen LogP contribution in [0.2, 0.25) is 0 Å². The van der Waals surface area contributed by atoms with Crippen LogP contribution in [0.25, 0.3) is 22.2 Å². The van der Waals surface area contributed by atoms with Gasteiger partial charge in [-0.15, -0.1) is 5.10 Å². The third-order valence-electron chi connectivity index (χ3n) is 2.89. The maximum atomic E-state index is 4.31. The number of nitrogens with zero attached hydrogens (tertiary/aromatic N) is 4. The first-order valence-corrected chi connectivity index (χ1v) is 6.12. The summed E-state index contributed by atoms with van der Waals surface area (Å²) in [4.78, 5) is 4.31. The molecule has 0 unspecified atom stereocenters. The molecule has 1 aromatic carbocycles. The Bertz CT molecular complexity index is 672.